The molecule has 4 N–H and O–H groups in total. The predicted molar refractivity (Wildman–Crippen MR) is 244 cm³/mol. The molecule has 2 amide bonds. The number of benzene rings is 3. The summed E-state index contributed by atoms with van der Waals surface area (Å²) in [5.41, 5.74) is 10.5. The molecule has 18 nitrogen and oxygen atoms in total. The van der Waals surface area contributed by atoms with Gasteiger partial charge in [0.05, 0.1) is 46.3 Å². The molecule has 0 aliphatic carbocycles. The first kappa shape index (κ1) is 46.6. The number of carbonyl (C=O) groups excluding carboxylic acids is 1. The molecule has 0 unspecified atom stereocenters. The second-order valence-electron chi connectivity index (χ2n) is 14.0. The number of nitrogens with zero attached hydrogens (tertiary/aromatic N) is 12. The second-order valence-corrected chi connectivity index (χ2v) is 14.8. The van der Waals surface area contributed by atoms with Crippen LogP contribution in [0.4, 0.5) is 35.0 Å². The van der Waals surface area contributed by atoms with Crippen molar-refractivity contribution in [3.63, 3.8) is 0 Å². The SMILES string of the molecule is Cn1cc(-c2cc(Cl)ncn2)cn1.Cn1cc(-c2cc(Oc3ccc(N)cc3)ncn2)cn1.Cn1cc(-c2cc(Oc3ccc(NC(=O)Nc4ccc(Cl)c(C(F)(F)F)c4)cc3)ncn2)cn1. The first-order chi connectivity index (χ1) is 32.1. The topological polar surface area (TPSA) is 216 Å². The lowest BCUT2D eigenvalue weighted by molar-refractivity contribution is -0.137. The van der Waals surface area contributed by atoms with Crippen molar-refractivity contribution in [2.24, 2.45) is 21.1 Å². The first-order valence-corrected chi connectivity index (χ1v) is 20.2. The number of urea groups is 1. The fourth-order valence-electron chi connectivity index (χ4n) is 5.76. The zero-order chi connectivity index (χ0) is 47.5. The minimum Gasteiger partial charge on any atom is -0.439 e. The highest BCUT2D eigenvalue weighted by atomic mass is 35.5. The van der Waals surface area contributed by atoms with Gasteiger partial charge in [-0.25, -0.2) is 34.7 Å². The van der Waals surface area contributed by atoms with Crippen molar-refractivity contribution >= 4 is 46.3 Å². The summed E-state index contributed by atoms with van der Waals surface area (Å²) < 4.78 is 55.4. The van der Waals surface area contributed by atoms with E-state index in [-0.39, 0.29) is 5.69 Å². The molecule has 0 atom stereocenters. The maximum absolute atomic E-state index is 13.0. The first-order valence-electron chi connectivity index (χ1n) is 19.5. The van der Waals surface area contributed by atoms with Gasteiger partial charge in [0.2, 0.25) is 11.8 Å². The molecule has 0 bridgehead atoms. The number of aromatic nitrogens is 12. The summed E-state index contributed by atoms with van der Waals surface area (Å²) in [5.74, 6) is 1.92. The average molecular weight is 951 g/mol. The number of nitrogens with two attached hydrogens (primary N) is 1. The zero-order valence-electron chi connectivity index (χ0n) is 35.3. The smallest absolute Gasteiger partial charge is 0.417 e. The third kappa shape index (κ3) is 13.3. The lowest BCUT2D eigenvalue weighted by Gasteiger charge is -2.12. The summed E-state index contributed by atoms with van der Waals surface area (Å²) in [6.07, 6.45) is 10.4. The van der Waals surface area contributed by atoms with Crippen LogP contribution in [0.1, 0.15) is 5.56 Å². The molecule has 0 aliphatic rings. The van der Waals surface area contributed by atoms with Crippen molar-refractivity contribution in [1.29, 1.82) is 0 Å². The van der Waals surface area contributed by atoms with Crippen LogP contribution in [-0.4, -0.2) is 65.3 Å². The number of aryl methyl sites for hydroxylation is 3. The lowest BCUT2D eigenvalue weighted by Crippen LogP contribution is -2.19. The number of halogens is 5. The molecular weight excluding hydrogens is 914 g/mol. The number of anilines is 3. The Morgan fingerprint density at radius 1 is 0.582 bits per heavy atom. The summed E-state index contributed by atoms with van der Waals surface area (Å²) in [6, 6.07) is 21.0. The number of nitrogens with one attached hydrogen (secondary N) is 2. The number of hydrogen-bond acceptors (Lipinski definition) is 13. The fraction of sp³-hybridized carbons (Fsp3) is 0.0909. The monoisotopic (exact) mass is 949 g/mol. The molecule has 0 spiro atoms. The van der Waals surface area contributed by atoms with Gasteiger partial charge in [-0.15, -0.1) is 0 Å². The summed E-state index contributed by atoms with van der Waals surface area (Å²) >= 11 is 11.3. The van der Waals surface area contributed by atoms with E-state index in [0.717, 1.165) is 40.2 Å². The van der Waals surface area contributed by atoms with Crippen LogP contribution in [-0.2, 0) is 27.3 Å². The molecule has 0 saturated heterocycles. The van der Waals surface area contributed by atoms with Gasteiger partial charge in [-0.3, -0.25) is 14.0 Å². The van der Waals surface area contributed by atoms with Gasteiger partial charge in [0, 0.05) is 91.7 Å². The van der Waals surface area contributed by atoms with Crippen molar-refractivity contribution in [1.82, 2.24) is 59.2 Å². The van der Waals surface area contributed by atoms with Crippen LogP contribution in [0.5, 0.6) is 23.3 Å². The molecule has 0 aliphatic heterocycles. The molecule has 6 heterocycles. The van der Waals surface area contributed by atoms with Gasteiger partial charge in [0.1, 0.15) is 35.6 Å². The van der Waals surface area contributed by atoms with Crippen molar-refractivity contribution in [3.8, 4) is 57.0 Å². The number of nitrogen functional groups attached to an aromatic ring is 1. The number of carbonyl (C=O) groups is 1. The Balaban J connectivity index is 0.000000169. The number of hydrogen-bond donors (Lipinski definition) is 3. The van der Waals surface area contributed by atoms with E-state index in [4.69, 9.17) is 38.4 Å². The number of rotatable bonds is 9. The maximum Gasteiger partial charge on any atom is 0.417 e. The molecule has 3 aromatic carbocycles. The van der Waals surface area contributed by atoms with Gasteiger partial charge in [0.15, 0.2) is 0 Å². The second kappa shape index (κ2) is 21.0. The Hall–Kier alpha value is -8.43. The van der Waals surface area contributed by atoms with Crippen LogP contribution in [0.2, 0.25) is 10.2 Å². The van der Waals surface area contributed by atoms with Crippen LogP contribution in [0.3, 0.4) is 0 Å². The van der Waals surface area contributed by atoms with Crippen LogP contribution in [0.15, 0.2) is 141 Å². The number of ether oxygens (including phenoxy) is 2. The van der Waals surface area contributed by atoms with E-state index in [1.54, 1.807) is 106 Å². The van der Waals surface area contributed by atoms with Crippen molar-refractivity contribution in [3.05, 3.63) is 157 Å². The van der Waals surface area contributed by atoms with Gasteiger partial charge in [-0.1, -0.05) is 23.2 Å². The van der Waals surface area contributed by atoms with Crippen molar-refractivity contribution in [2.45, 2.75) is 6.18 Å². The Morgan fingerprint density at radius 2 is 1.01 bits per heavy atom. The van der Waals surface area contributed by atoms with Crippen molar-refractivity contribution < 1.29 is 27.4 Å². The molecule has 0 saturated carbocycles. The van der Waals surface area contributed by atoms with Crippen molar-refractivity contribution in [2.75, 3.05) is 16.4 Å². The minimum absolute atomic E-state index is 0.0534. The Kier molecular flexibility index (Phi) is 14.6. The Bertz CT molecular complexity index is 3090. The highest BCUT2D eigenvalue weighted by Crippen LogP contribution is 2.36. The standard InChI is InChI=1S/C22H16ClF3N6O2.C14H13N5O.C8H7ClN4/c1-32-11-13(10-29-32)19-9-20(28-12-27-19)34-16-5-2-14(3-6-16)30-21(33)31-15-4-7-18(23)17(8-15)22(24,25)26;1-19-8-10(7-18-19)13-6-14(17-9-16-13)20-12-4-2-11(15)3-5-12;1-13-4-6(3-12-13)7-2-8(9)11-5-10-7/h2-12H,1H3,(H2,30,31,33);2-9H,15H2,1H3;2-5H,1H3. The number of alkyl halides is 3. The molecule has 23 heteroatoms. The van der Waals surface area contributed by atoms with Crippen LogP contribution in [0, 0.1) is 0 Å². The van der Waals surface area contributed by atoms with E-state index < -0.39 is 22.8 Å². The van der Waals surface area contributed by atoms with E-state index in [1.807, 2.05) is 32.7 Å². The average Bonchev–Trinajstić information content (AvgIpc) is 4.07. The van der Waals surface area contributed by atoms with Crippen LogP contribution < -0.4 is 25.8 Å². The van der Waals surface area contributed by atoms with Gasteiger partial charge in [-0.2, -0.15) is 28.5 Å². The van der Waals surface area contributed by atoms with E-state index in [9.17, 15) is 18.0 Å². The van der Waals surface area contributed by atoms with E-state index in [2.05, 4.69) is 55.8 Å². The third-order valence-electron chi connectivity index (χ3n) is 8.89. The van der Waals surface area contributed by atoms with E-state index >= 15 is 0 Å². The number of amides is 2. The van der Waals surface area contributed by atoms with Gasteiger partial charge in [-0.05, 0) is 66.7 Å². The Morgan fingerprint density at radius 3 is 1.46 bits per heavy atom. The largest absolute Gasteiger partial charge is 0.439 e. The molecule has 0 radical (unpaired) electrons. The third-order valence-corrected chi connectivity index (χ3v) is 9.42. The van der Waals surface area contributed by atoms with Gasteiger partial charge >= 0.3 is 12.2 Å². The predicted octanol–water partition coefficient (Wildman–Crippen LogP) is 9.77. The summed E-state index contributed by atoms with van der Waals surface area (Å²) in [6.45, 7) is 0. The molecule has 0 fully saturated rings. The highest BCUT2D eigenvalue weighted by molar-refractivity contribution is 6.31. The van der Waals surface area contributed by atoms with Crippen LogP contribution >= 0.6 is 23.2 Å². The van der Waals surface area contributed by atoms with E-state index in [0.29, 0.717) is 45.5 Å². The summed E-state index contributed by atoms with van der Waals surface area (Å²) in [5, 5.41) is 17.1. The van der Waals surface area contributed by atoms with Crippen LogP contribution in [0.25, 0.3) is 33.8 Å². The maximum atomic E-state index is 13.0. The molecule has 67 heavy (non-hydrogen) atoms. The molecule has 9 aromatic rings. The molecule has 9 rings (SSSR count). The van der Waals surface area contributed by atoms with Gasteiger partial charge in [0.25, 0.3) is 0 Å². The van der Waals surface area contributed by atoms with E-state index in [1.165, 1.54) is 25.0 Å². The lowest BCUT2D eigenvalue weighted by atomic mass is 10.2. The normalized spacial score (nSPS) is 10.8. The highest BCUT2D eigenvalue weighted by Gasteiger charge is 2.33. The Labute approximate surface area is 389 Å². The zero-order valence-corrected chi connectivity index (χ0v) is 36.8. The van der Waals surface area contributed by atoms with Gasteiger partial charge < -0.3 is 25.8 Å². The molecular formula is C44H36Cl2F3N15O3. The fourth-order valence-corrected chi connectivity index (χ4v) is 6.13. The summed E-state index contributed by atoms with van der Waals surface area (Å²) in [7, 11) is 5.51. The minimum atomic E-state index is -4.64. The molecule has 340 valence electrons. The quantitative estimate of drug-likeness (QED) is 0.0908. The summed E-state index contributed by atoms with van der Waals surface area (Å²) in [4.78, 5) is 36.7. The molecule has 6 aromatic heterocycles.